The van der Waals surface area contributed by atoms with Crippen molar-refractivity contribution >= 4 is 17.3 Å². The fourth-order valence-corrected chi connectivity index (χ4v) is 5.60. The SMILES string of the molecule is c1ccc(N2c3cccc(n3)-c3ccc(cc3)CCCCCCCCCc3ccc(cc3)-c3cccc2n3)cc1. The zero-order valence-electron chi connectivity index (χ0n) is 23.2. The number of rotatable bonds is 1. The zero-order valence-corrected chi connectivity index (χ0v) is 23.2. The van der Waals surface area contributed by atoms with Gasteiger partial charge in [-0.05, 0) is 73.2 Å². The Morgan fingerprint density at radius 2 is 0.850 bits per heavy atom. The largest absolute Gasteiger partial charge is 0.279 e. The maximum atomic E-state index is 5.14. The molecule has 3 aromatic carbocycles. The number of hydrogen-bond acceptors (Lipinski definition) is 3. The van der Waals surface area contributed by atoms with E-state index in [1.54, 1.807) is 0 Å². The van der Waals surface area contributed by atoms with E-state index >= 15 is 0 Å². The minimum atomic E-state index is 0.849. The van der Waals surface area contributed by atoms with Crippen molar-refractivity contribution < 1.29 is 0 Å². The van der Waals surface area contributed by atoms with Crippen LogP contribution in [0, 0.1) is 0 Å². The molecule has 0 spiro atoms. The Morgan fingerprint density at radius 1 is 0.400 bits per heavy atom. The molecule has 3 heteroatoms. The maximum Gasteiger partial charge on any atom is 0.139 e. The van der Waals surface area contributed by atoms with Gasteiger partial charge in [-0.15, -0.1) is 0 Å². The minimum Gasteiger partial charge on any atom is -0.279 e. The zero-order chi connectivity index (χ0) is 27.0. The summed E-state index contributed by atoms with van der Waals surface area (Å²) in [5, 5.41) is 0. The Bertz CT molecular complexity index is 1410. The number of benzene rings is 3. The Morgan fingerprint density at radius 3 is 1.32 bits per heavy atom. The van der Waals surface area contributed by atoms with E-state index in [0.717, 1.165) is 52.7 Å². The molecule has 4 aliphatic heterocycles. The molecule has 0 N–H and O–H groups in total. The fraction of sp³-hybridized carbons (Fsp3) is 0.243. The van der Waals surface area contributed by atoms with Gasteiger partial charge >= 0.3 is 0 Å². The molecule has 0 saturated heterocycles. The van der Waals surface area contributed by atoms with Crippen LogP contribution in [0.4, 0.5) is 17.3 Å². The van der Waals surface area contributed by atoms with E-state index in [1.807, 2.05) is 6.07 Å². The number of nitrogens with zero attached hydrogens (tertiary/aromatic N) is 3. The third kappa shape index (κ3) is 6.31. The Labute approximate surface area is 238 Å². The summed E-state index contributed by atoms with van der Waals surface area (Å²) >= 11 is 0. The summed E-state index contributed by atoms with van der Waals surface area (Å²) in [4.78, 5) is 12.4. The van der Waals surface area contributed by atoms with E-state index in [-0.39, 0.29) is 0 Å². The first kappa shape index (κ1) is 26.0. The molecule has 3 nitrogen and oxygen atoms in total. The van der Waals surface area contributed by atoms with Gasteiger partial charge in [-0.1, -0.05) is 111 Å². The van der Waals surface area contributed by atoms with Crippen LogP contribution in [0.15, 0.2) is 115 Å². The number of pyridine rings is 2. The average Bonchev–Trinajstić information content (AvgIpc) is 3.01. The van der Waals surface area contributed by atoms with Gasteiger partial charge in [0.15, 0.2) is 0 Å². The van der Waals surface area contributed by atoms with Gasteiger partial charge in [0.2, 0.25) is 0 Å². The Kier molecular flexibility index (Phi) is 8.28. The summed E-state index contributed by atoms with van der Waals surface area (Å²) in [6, 6.07) is 40.9. The third-order valence-electron chi connectivity index (χ3n) is 7.87. The summed E-state index contributed by atoms with van der Waals surface area (Å²) in [5.41, 5.74) is 8.05. The molecule has 0 aliphatic carbocycles. The highest BCUT2D eigenvalue weighted by atomic mass is 15.2. The predicted octanol–water partition coefficient (Wildman–Crippen LogP) is 10.1. The van der Waals surface area contributed by atoms with Crippen LogP contribution in [0.2, 0.25) is 0 Å². The molecule has 0 atom stereocenters. The molecule has 4 aliphatic rings. The first-order chi connectivity index (χ1) is 19.8. The number of anilines is 3. The number of aromatic nitrogens is 2. The highest BCUT2D eigenvalue weighted by molar-refractivity contribution is 5.75. The molecule has 200 valence electrons. The summed E-state index contributed by atoms with van der Waals surface area (Å²) in [6.45, 7) is 0. The second-order valence-electron chi connectivity index (χ2n) is 10.8. The van der Waals surface area contributed by atoms with Crippen molar-refractivity contribution in [2.45, 2.75) is 57.8 Å². The second-order valence-corrected chi connectivity index (χ2v) is 10.8. The smallest absolute Gasteiger partial charge is 0.139 e. The average molecular weight is 524 g/mol. The van der Waals surface area contributed by atoms with Gasteiger partial charge in [0.1, 0.15) is 11.6 Å². The summed E-state index contributed by atoms with van der Waals surface area (Å²) in [7, 11) is 0. The van der Waals surface area contributed by atoms with Gasteiger partial charge < -0.3 is 0 Å². The monoisotopic (exact) mass is 523 g/mol. The summed E-state index contributed by atoms with van der Waals surface area (Å²) < 4.78 is 0. The molecule has 0 fully saturated rings. The van der Waals surface area contributed by atoms with Crippen LogP contribution < -0.4 is 4.90 Å². The Hall–Kier alpha value is -4.24. The lowest BCUT2D eigenvalue weighted by Gasteiger charge is -2.24. The highest BCUT2D eigenvalue weighted by Gasteiger charge is 2.16. The van der Waals surface area contributed by atoms with Crippen LogP contribution in [0.5, 0.6) is 0 Å². The normalized spacial score (nSPS) is 14.6. The molecule has 0 saturated carbocycles. The summed E-state index contributed by atoms with van der Waals surface area (Å²) in [6.07, 6.45) is 11.5. The second kappa shape index (κ2) is 12.7. The molecule has 5 aromatic rings. The van der Waals surface area contributed by atoms with E-state index in [9.17, 15) is 0 Å². The lowest BCUT2D eigenvalue weighted by Crippen LogP contribution is -2.13. The van der Waals surface area contributed by atoms with Gasteiger partial charge in [-0.3, -0.25) is 4.90 Å². The minimum absolute atomic E-state index is 0.849. The quantitative estimate of drug-likeness (QED) is 0.219. The standard InChI is InChI=1S/C37H37N3/c1-2-4-7-13-29-21-25-31(26-22-29)34-17-11-19-36(38-34)40(33-15-9-6-10-16-33)37-20-12-18-35(39-37)32-27-23-30(24-28-32)14-8-5-3-1/h6,9-12,15-28H,1-5,7-8,13-14H2. The molecular formula is C37H37N3. The van der Waals surface area contributed by atoms with E-state index in [4.69, 9.17) is 9.97 Å². The maximum absolute atomic E-state index is 5.14. The van der Waals surface area contributed by atoms with Crippen LogP contribution in [-0.2, 0) is 12.8 Å². The van der Waals surface area contributed by atoms with Gasteiger partial charge in [0.25, 0.3) is 0 Å². The van der Waals surface area contributed by atoms with Crippen LogP contribution in [0.25, 0.3) is 22.5 Å². The molecular weight excluding hydrogens is 486 g/mol. The van der Waals surface area contributed by atoms with E-state index in [1.165, 1.54) is 56.1 Å². The summed E-state index contributed by atoms with van der Waals surface area (Å²) in [5.74, 6) is 1.70. The lowest BCUT2D eigenvalue weighted by molar-refractivity contribution is 0.579. The van der Waals surface area contributed by atoms with Crippen molar-refractivity contribution in [3.05, 3.63) is 126 Å². The van der Waals surface area contributed by atoms with Crippen molar-refractivity contribution in [2.75, 3.05) is 4.90 Å². The van der Waals surface area contributed by atoms with E-state index in [0.29, 0.717) is 0 Å². The predicted molar refractivity (Wildman–Crippen MR) is 167 cm³/mol. The molecule has 6 heterocycles. The first-order valence-corrected chi connectivity index (χ1v) is 14.8. The number of hydrogen-bond donors (Lipinski definition) is 0. The molecule has 8 bridgehead atoms. The lowest BCUT2D eigenvalue weighted by atomic mass is 10.0. The van der Waals surface area contributed by atoms with E-state index < -0.39 is 0 Å². The van der Waals surface area contributed by atoms with Gasteiger partial charge in [0.05, 0.1) is 11.4 Å². The van der Waals surface area contributed by atoms with Crippen LogP contribution in [0.1, 0.15) is 56.1 Å². The molecule has 40 heavy (non-hydrogen) atoms. The number of aryl methyl sites for hydroxylation is 2. The van der Waals surface area contributed by atoms with Crippen LogP contribution >= 0.6 is 0 Å². The Balaban J connectivity index is 1.39. The fourth-order valence-electron chi connectivity index (χ4n) is 5.60. The highest BCUT2D eigenvalue weighted by Crippen LogP contribution is 2.34. The van der Waals surface area contributed by atoms with Crippen molar-refractivity contribution in [1.29, 1.82) is 0 Å². The van der Waals surface area contributed by atoms with Gasteiger partial charge in [0, 0.05) is 16.8 Å². The molecule has 0 amide bonds. The molecule has 0 radical (unpaired) electrons. The molecule has 9 rings (SSSR count). The van der Waals surface area contributed by atoms with Gasteiger partial charge in [-0.2, -0.15) is 0 Å². The van der Waals surface area contributed by atoms with Crippen LogP contribution in [0.3, 0.4) is 0 Å². The van der Waals surface area contributed by atoms with Crippen molar-refractivity contribution in [3.8, 4) is 22.5 Å². The third-order valence-corrected chi connectivity index (χ3v) is 7.87. The molecule has 0 unspecified atom stereocenters. The number of para-hydroxylation sites is 1. The first-order valence-electron chi connectivity index (χ1n) is 14.8. The van der Waals surface area contributed by atoms with Crippen molar-refractivity contribution in [1.82, 2.24) is 9.97 Å². The topological polar surface area (TPSA) is 29.0 Å². The van der Waals surface area contributed by atoms with Gasteiger partial charge in [-0.25, -0.2) is 9.97 Å². The van der Waals surface area contributed by atoms with Crippen molar-refractivity contribution in [3.63, 3.8) is 0 Å². The van der Waals surface area contributed by atoms with Crippen molar-refractivity contribution in [2.24, 2.45) is 0 Å². The molecule has 2 aromatic heterocycles. The van der Waals surface area contributed by atoms with E-state index in [2.05, 4.69) is 114 Å². The van der Waals surface area contributed by atoms with Crippen LogP contribution in [-0.4, -0.2) is 9.97 Å².